The lowest BCUT2D eigenvalue weighted by Gasteiger charge is -2.32. The molecule has 7 nitrogen and oxygen atoms in total. The number of halogens is 1. The van der Waals surface area contributed by atoms with E-state index in [1.165, 1.54) is 11.0 Å². The number of ether oxygens (including phenoxy) is 1. The number of carbonyl (C=O) groups excluding carboxylic acids is 1. The van der Waals surface area contributed by atoms with Gasteiger partial charge < -0.3 is 24.3 Å². The number of furan rings is 1. The van der Waals surface area contributed by atoms with Crippen LogP contribution < -0.4 is 14.7 Å². The number of β-amino-alcohol motifs (C(OH)–C–C–N with tert-alkyl or cyclic N) is 1. The van der Waals surface area contributed by atoms with Gasteiger partial charge >= 0.3 is 0 Å². The topological polar surface area (TPSA) is 90.4 Å². The molecule has 32 heavy (non-hydrogen) atoms. The van der Waals surface area contributed by atoms with E-state index >= 15 is 0 Å². The lowest BCUT2D eigenvalue weighted by atomic mass is 10.0. The lowest BCUT2D eigenvalue weighted by Crippen LogP contribution is -3.13. The van der Waals surface area contributed by atoms with Gasteiger partial charge in [0.25, 0.3) is 0 Å². The van der Waals surface area contributed by atoms with Gasteiger partial charge in [0.15, 0.2) is 5.76 Å². The normalized spacial score (nSPS) is 18.4. The van der Waals surface area contributed by atoms with Crippen molar-refractivity contribution in [2.24, 2.45) is 0 Å². The van der Waals surface area contributed by atoms with Crippen molar-refractivity contribution in [3.63, 3.8) is 0 Å². The fourth-order valence-electron chi connectivity index (χ4n) is 4.35. The molecule has 0 radical (unpaired) electrons. The summed E-state index contributed by atoms with van der Waals surface area (Å²) in [6.45, 7) is 4.81. The molecule has 2 aromatic carbocycles. The van der Waals surface area contributed by atoms with Crippen LogP contribution in [0.4, 0.5) is 0 Å². The molecule has 0 aliphatic carbocycles. The lowest BCUT2D eigenvalue weighted by molar-refractivity contribution is -0.918. The maximum atomic E-state index is 13.0. The van der Waals surface area contributed by atoms with Crippen LogP contribution in [0.25, 0.3) is 17.0 Å². The number of nitrogens with zero attached hydrogens (tertiary/aromatic N) is 1. The van der Waals surface area contributed by atoms with Crippen molar-refractivity contribution >= 4 is 38.8 Å². The van der Waals surface area contributed by atoms with Gasteiger partial charge in [-0.3, -0.25) is 9.69 Å². The second-order valence-electron chi connectivity index (χ2n) is 8.18. The molecule has 3 aromatic rings. The van der Waals surface area contributed by atoms with Crippen molar-refractivity contribution < 1.29 is 29.1 Å². The quantitative estimate of drug-likeness (QED) is 0.519. The first-order valence-electron chi connectivity index (χ1n) is 10.6. The molecule has 0 unspecified atom stereocenters. The Bertz CT molecular complexity index is 1210. The van der Waals surface area contributed by atoms with Gasteiger partial charge in [0, 0.05) is 41.1 Å². The van der Waals surface area contributed by atoms with E-state index in [0.717, 1.165) is 41.6 Å². The smallest absolute Gasteiger partial charge is 0.232 e. The monoisotopic (exact) mass is 498 g/mol. The summed E-state index contributed by atoms with van der Waals surface area (Å²) in [5, 5.41) is 22.7. The van der Waals surface area contributed by atoms with Crippen molar-refractivity contribution in [2.75, 3.05) is 39.3 Å². The highest BCUT2D eigenvalue weighted by molar-refractivity contribution is 9.10. The zero-order valence-electron chi connectivity index (χ0n) is 17.4. The number of quaternary nitrogens is 1. The van der Waals surface area contributed by atoms with Crippen LogP contribution in [0, 0.1) is 0 Å². The highest BCUT2D eigenvalue weighted by Gasteiger charge is 2.32. The van der Waals surface area contributed by atoms with Crippen molar-refractivity contribution in [2.45, 2.75) is 6.54 Å². The third kappa shape index (κ3) is 4.06. The van der Waals surface area contributed by atoms with Crippen LogP contribution in [-0.4, -0.2) is 55.1 Å². The molecule has 2 aliphatic heterocycles. The summed E-state index contributed by atoms with van der Waals surface area (Å²) in [7, 11) is 0. The Hall–Kier alpha value is -2.65. The maximum absolute atomic E-state index is 13.0. The van der Waals surface area contributed by atoms with Crippen LogP contribution in [0.2, 0.25) is 0 Å². The van der Waals surface area contributed by atoms with E-state index < -0.39 is 0 Å². The third-order valence-electron chi connectivity index (χ3n) is 6.07. The van der Waals surface area contributed by atoms with Gasteiger partial charge in [-0.1, -0.05) is 27.7 Å². The van der Waals surface area contributed by atoms with Gasteiger partial charge in [-0.2, -0.15) is 0 Å². The zero-order valence-corrected chi connectivity index (χ0v) is 19.0. The van der Waals surface area contributed by atoms with Gasteiger partial charge in [0.2, 0.25) is 5.78 Å². The molecule has 1 fully saturated rings. The molecule has 1 aromatic heterocycles. The first-order valence-corrected chi connectivity index (χ1v) is 11.4. The first-order chi connectivity index (χ1) is 15.5. The summed E-state index contributed by atoms with van der Waals surface area (Å²) in [5.74, 6) is 0.691. The van der Waals surface area contributed by atoms with E-state index in [1.54, 1.807) is 12.1 Å². The number of hydrogen-bond acceptors (Lipinski definition) is 6. The number of piperazine rings is 1. The van der Waals surface area contributed by atoms with Gasteiger partial charge in [-0.25, -0.2) is 0 Å². The van der Waals surface area contributed by atoms with Crippen molar-refractivity contribution in [1.82, 2.24) is 4.90 Å². The van der Waals surface area contributed by atoms with E-state index in [9.17, 15) is 9.90 Å². The fraction of sp³-hybridized carbons (Fsp3) is 0.292. The number of hydrogen-bond donors (Lipinski definition) is 2. The predicted octanol–water partition coefficient (Wildman–Crippen LogP) is 1.58. The van der Waals surface area contributed by atoms with Gasteiger partial charge in [-0.15, -0.1) is 0 Å². The molecule has 0 spiro atoms. The number of rotatable bonds is 5. The van der Waals surface area contributed by atoms with E-state index in [1.807, 2.05) is 24.3 Å². The Morgan fingerprint density at radius 3 is 2.78 bits per heavy atom. The number of aliphatic hydroxyl groups excluding tert-OH is 1. The third-order valence-corrected chi connectivity index (χ3v) is 6.57. The first kappa shape index (κ1) is 21.2. The number of carbonyl (C=O) groups is 1. The van der Waals surface area contributed by atoms with Crippen LogP contribution >= 0.6 is 15.9 Å². The Morgan fingerprint density at radius 2 is 2.00 bits per heavy atom. The SMILES string of the molecule is O=C1C(=Cc2cc3cc(Br)ccc3o2)Oc2c1ccc([O-])c2C[NH+]1CCN(CCO)CC1. The van der Waals surface area contributed by atoms with Gasteiger partial charge in [0.05, 0.1) is 25.3 Å². The number of allylic oxidation sites excluding steroid dienone is 1. The van der Waals surface area contributed by atoms with Crippen LogP contribution in [0.15, 0.2) is 51.0 Å². The molecule has 0 amide bonds. The van der Waals surface area contributed by atoms with E-state index in [0.29, 0.717) is 35.7 Å². The Kier molecular flexibility index (Phi) is 5.77. The average Bonchev–Trinajstić information content (AvgIpc) is 3.32. The standard InChI is InChI=1S/C24H23BrN2O5/c25-16-1-4-21-15(11-16)12-17(31-21)13-22-23(30)18-2-3-20(29)19(24(18)32-22)14-27-7-5-26(6-8-27)9-10-28/h1-4,11-13,28-29H,5-10,14H2. The number of ketones is 1. The zero-order chi connectivity index (χ0) is 22.2. The molecule has 0 atom stereocenters. The number of aliphatic hydroxyl groups is 1. The van der Waals surface area contributed by atoms with E-state index in [4.69, 9.17) is 14.3 Å². The molecule has 2 N–H and O–H groups in total. The van der Waals surface area contributed by atoms with Crippen LogP contribution in [0.1, 0.15) is 21.7 Å². The highest BCUT2D eigenvalue weighted by Crippen LogP contribution is 2.38. The van der Waals surface area contributed by atoms with Crippen LogP contribution in [-0.2, 0) is 6.54 Å². The highest BCUT2D eigenvalue weighted by atomic mass is 79.9. The van der Waals surface area contributed by atoms with Crippen molar-refractivity contribution in [3.05, 3.63) is 63.5 Å². The number of benzene rings is 2. The summed E-state index contributed by atoms with van der Waals surface area (Å²) in [5.41, 5.74) is 1.68. The Balaban J connectivity index is 1.39. The van der Waals surface area contributed by atoms with Crippen LogP contribution in [0.3, 0.4) is 0 Å². The Morgan fingerprint density at radius 1 is 1.19 bits per heavy atom. The molecule has 0 bridgehead atoms. The van der Waals surface area contributed by atoms with Gasteiger partial charge in [0.1, 0.15) is 23.6 Å². The summed E-state index contributed by atoms with van der Waals surface area (Å²) in [6, 6.07) is 10.6. The second kappa shape index (κ2) is 8.71. The second-order valence-corrected chi connectivity index (χ2v) is 9.10. The van der Waals surface area contributed by atoms with Crippen LogP contribution in [0.5, 0.6) is 11.5 Å². The Labute approximate surface area is 193 Å². The molecule has 3 heterocycles. The molecule has 8 heteroatoms. The minimum atomic E-state index is -0.245. The maximum Gasteiger partial charge on any atom is 0.232 e. The van der Waals surface area contributed by atoms with E-state index in [-0.39, 0.29) is 23.9 Å². The molecule has 0 saturated carbocycles. The molecule has 5 rings (SSSR count). The number of fused-ring (bicyclic) bond motifs is 2. The van der Waals surface area contributed by atoms with Gasteiger partial charge in [-0.05, 0) is 30.3 Å². The minimum absolute atomic E-state index is 0.114. The number of nitrogens with one attached hydrogen (secondary N) is 1. The summed E-state index contributed by atoms with van der Waals surface area (Å²) >= 11 is 3.44. The largest absolute Gasteiger partial charge is 0.872 e. The fourth-order valence-corrected chi connectivity index (χ4v) is 4.73. The summed E-state index contributed by atoms with van der Waals surface area (Å²) < 4.78 is 12.7. The number of Topliss-reactive ketones (excluding diaryl/α,β-unsaturated/α-hetero) is 1. The molecular formula is C24H23BrN2O5. The van der Waals surface area contributed by atoms with E-state index in [2.05, 4.69) is 20.8 Å². The molecular weight excluding hydrogens is 476 g/mol. The molecule has 1 saturated heterocycles. The molecule has 166 valence electrons. The summed E-state index contributed by atoms with van der Waals surface area (Å²) in [6.07, 6.45) is 1.59. The average molecular weight is 499 g/mol. The predicted molar refractivity (Wildman–Crippen MR) is 121 cm³/mol. The molecule has 2 aliphatic rings. The summed E-state index contributed by atoms with van der Waals surface area (Å²) in [4.78, 5) is 16.4. The minimum Gasteiger partial charge on any atom is -0.872 e. The van der Waals surface area contributed by atoms with Crippen molar-refractivity contribution in [3.8, 4) is 11.5 Å². The van der Waals surface area contributed by atoms with Crippen molar-refractivity contribution in [1.29, 1.82) is 0 Å².